The number of anilines is 1. The first-order chi connectivity index (χ1) is 9.54. The van der Waals surface area contributed by atoms with Crippen LogP contribution in [-0.4, -0.2) is 19.0 Å². The Bertz CT molecular complexity index is 649. The number of carbonyl (C=O) groups is 2. The fraction of sp³-hybridized carbons (Fsp3) is 0.143. The van der Waals surface area contributed by atoms with Crippen molar-refractivity contribution < 1.29 is 18.7 Å². The summed E-state index contributed by atoms with van der Waals surface area (Å²) in [5.41, 5.74) is 1.12. The van der Waals surface area contributed by atoms with Crippen LogP contribution in [0, 0.1) is 6.92 Å². The largest absolute Gasteiger partial charge is 0.465 e. The van der Waals surface area contributed by atoms with Gasteiger partial charge >= 0.3 is 5.97 Å². The zero-order valence-electron chi connectivity index (χ0n) is 10.9. The van der Waals surface area contributed by atoms with Crippen LogP contribution in [0.25, 0.3) is 0 Å². The quantitative estimate of drug-likeness (QED) is 0.882. The Labute approximate surface area is 120 Å². The fourth-order valence-electron chi connectivity index (χ4n) is 1.73. The average Bonchev–Trinajstić information content (AvgIpc) is 2.96. The molecule has 0 spiro atoms. The van der Waals surface area contributed by atoms with E-state index in [0.717, 1.165) is 0 Å². The maximum atomic E-state index is 12.0. The van der Waals surface area contributed by atoms with Crippen molar-refractivity contribution in [1.29, 1.82) is 0 Å². The van der Waals surface area contributed by atoms with Crippen molar-refractivity contribution >= 4 is 29.2 Å². The number of nitrogens with one attached hydrogen (secondary N) is 1. The fourth-order valence-corrected chi connectivity index (χ4v) is 1.96. The van der Waals surface area contributed by atoms with Gasteiger partial charge in [0.05, 0.1) is 24.1 Å². The lowest BCUT2D eigenvalue weighted by Crippen LogP contribution is -2.16. The summed E-state index contributed by atoms with van der Waals surface area (Å²) >= 11 is 6.01. The minimum Gasteiger partial charge on any atom is -0.465 e. The van der Waals surface area contributed by atoms with E-state index < -0.39 is 11.9 Å². The summed E-state index contributed by atoms with van der Waals surface area (Å²) in [6, 6.07) is 6.40. The Kier molecular flexibility index (Phi) is 4.10. The number of benzene rings is 1. The molecule has 0 saturated heterocycles. The van der Waals surface area contributed by atoms with Crippen molar-refractivity contribution in [2.45, 2.75) is 6.92 Å². The molecule has 0 radical (unpaired) electrons. The third-order valence-electron chi connectivity index (χ3n) is 2.74. The molecule has 2 aromatic rings. The second-order valence-corrected chi connectivity index (χ2v) is 4.44. The first-order valence-electron chi connectivity index (χ1n) is 5.77. The summed E-state index contributed by atoms with van der Waals surface area (Å²) < 4.78 is 9.69. The maximum absolute atomic E-state index is 12.0. The van der Waals surface area contributed by atoms with E-state index in [1.807, 2.05) is 0 Å². The van der Waals surface area contributed by atoms with Crippen molar-refractivity contribution in [2.24, 2.45) is 0 Å². The summed E-state index contributed by atoms with van der Waals surface area (Å²) in [6.07, 6.45) is 1.39. The summed E-state index contributed by atoms with van der Waals surface area (Å²) in [4.78, 5) is 23.8. The molecule has 1 N–H and O–H groups in total. The Morgan fingerprint density at radius 3 is 2.65 bits per heavy atom. The number of hydrogen-bond donors (Lipinski definition) is 1. The van der Waals surface area contributed by atoms with Gasteiger partial charge in [0.2, 0.25) is 0 Å². The Hall–Kier alpha value is -2.27. The molecule has 0 aliphatic carbocycles. The SMILES string of the molecule is COC(=O)c1c(Cl)ccc(C)c1NC(=O)c1ccco1. The number of aryl methyl sites for hydroxylation is 1. The molecule has 0 aliphatic heterocycles. The lowest BCUT2D eigenvalue weighted by molar-refractivity contribution is 0.0602. The van der Waals surface area contributed by atoms with Crippen LogP contribution < -0.4 is 5.32 Å². The zero-order valence-corrected chi connectivity index (χ0v) is 11.7. The van der Waals surface area contributed by atoms with Crippen molar-refractivity contribution in [3.8, 4) is 0 Å². The van der Waals surface area contributed by atoms with Gasteiger partial charge in [-0.3, -0.25) is 4.79 Å². The third-order valence-corrected chi connectivity index (χ3v) is 3.05. The van der Waals surface area contributed by atoms with Gasteiger partial charge in [-0.15, -0.1) is 0 Å². The van der Waals surface area contributed by atoms with E-state index in [2.05, 4.69) is 10.1 Å². The molecule has 2 rings (SSSR count). The van der Waals surface area contributed by atoms with Crippen LogP contribution in [0.4, 0.5) is 5.69 Å². The Morgan fingerprint density at radius 1 is 1.30 bits per heavy atom. The molecule has 1 aromatic heterocycles. The van der Waals surface area contributed by atoms with Gasteiger partial charge in [-0.25, -0.2) is 4.79 Å². The first kappa shape index (κ1) is 14.1. The van der Waals surface area contributed by atoms with E-state index in [1.54, 1.807) is 25.1 Å². The number of methoxy groups -OCH3 is 1. The number of carbonyl (C=O) groups excluding carboxylic acids is 2. The highest BCUT2D eigenvalue weighted by Crippen LogP contribution is 2.29. The van der Waals surface area contributed by atoms with E-state index in [0.29, 0.717) is 11.3 Å². The molecule has 0 fully saturated rings. The van der Waals surface area contributed by atoms with Gasteiger partial charge in [0, 0.05) is 0 Å². The van der Waals surface area contributed by atoms with Crippen molar-refractivity contribution in [3.63, 3.8) is 0 Å². The lowest BCUT2D eigenvalue weighted by Gasteiger charge is -2.13. The molecule has 0 atom stereocenters. The molecule has 20 heavy (non-hydrogen) atoms. The van der Waals surface area contributed by atoms with E-state index in [4.69, 9.17) is 16.0 Å². The van der Waals surface area contributed by atoms with Crippen molar-refractivity contribution in [1.82, 2.24) is 0 Å². The van der Waals surface area contributed by atoms with Crippen LogP contribution >= 0.6 is 11.6 Å². The maximum Gasteiger partial charge on any atom is 0.341 e. The lowest BCUT2D eigenvalue weighted by atomic mass is 10.1. The molecule has 0 unspecified atom stereocenters. The minimum absolute atomic E-state index is 0.120. The number of rotatable bonds is 3. The van der Waals surface area contributed by atoms with Crippen LogP contribution in [0.3, 0.4) is 0 Å². The second-order valence-electron chi connectivity index (χ2n) is 4.04. The highest BCUT2D eigenvalue weighted by atomic mass is 35.5. The number of furan rings is 1. The number of halogens is 1. The Balaban J connectivity index is 2.43. The summed E-state index contributed by atoms with van der Waals surface area (Å²) in [5.74, 6) is -0.945. The van der Waals surface area contributed by atoms with E-state index in [1.165, 1.54) is 19.4 Å². The minimum atomic E-state index is -0.617. The van der Waals surface area contributed by atoms with E-state index in [-0.39, 0.29) is 16.3 Å². The topological polar surface area (TPSA) is 68.5 Å². The van der Waals surface area contributed by atoms with Crippen LogP contribution in [0.1, 0.15) is 26.5 Å². The number of amides is 1. The van der Waals surface area contributed by atoms with Gasteiger partial charge in [-0.2, -0.15) is 0 Å². The Morgan fingerprint density at radius 2 is 2.05 bits per heavy atom. The third kappa shape index (κ3) is 2.67. The predicted octanol–water partition coefficient (Wildman–Crippen LogP) is 3.28. The van der Waals surface area contributed by atoms with Gasteiger partial charge < -0.3 is 14.5 Å². The van der Waals surface area contributed by atoms with Crippen LogP contribution in [-0.2, 0) is 4.74 Å². The smallest absolute Gasteiger partial charge is 0.341 e. The number of ether oxygens (including phenoxy) is 1. The molecule has 6 heteroatoms. The normalized spacial score (nSPS) is 10.2. The van der Waals surface area contributed by atoms with Gasteiger partial charge in [0.25, 0.3) is 5.91 Å². The monoisotopic (exact) mass is 293 g/mol. The second kappa shape index (κ2) is 5.79. The van der Waals surface area contributed by atoms with Gasteiger partial charge in [0.15, 0.2) is 5.76 Å². The van der Waals surface area contributed by atoms with E-state index in [9.17, 15) is 9.59 Å². The highest BCUT2D eigenvalue weighted by molar-refractivity contribution is 6.34. The molecular weight excluding hydrogens is 282 g/mol. The summed E-state index contributed by atoms with van der Waals surface area (Å²) in [6.45, 7) is 1.75. The molecule has 0 aliphatic rings. The van der Waals surface area contributed by atoms with Gasteiger partial charge in [-0.1, -0.05) is 17.7 Å². The molecule has 0 saturated carbocycles. The number of hydrogen-bond acceptors (Lipinski definition) is 4. The molecule has 5 nitrogen and oxygen atoms in total. The van der Waals surface area contributed by atoms with Gasteiger partial charge in [-0.05, 0) is 30.7 Å². The molecule has 1 aromatic carbocycles. The van der Waals surface area contributed by atoms with Crippen LogP contribution in [0.2, 0.25) is 5.02 Å². The zero-order chi connectivity index (χ0) is 14.7. The number of esters is 1. The molecule has 104 valence electrons. The predicted molar refractivity (Wildman–Crippen MR) is 74.2 cm³/mol. The van der Waals surface area contributed by atoms with E-state index >= 15 is 0 Å². The molecule has 0 bridgehead atoms. The molecule has 1 amide bonds. The first-order valence-corrected chi connectivity index (χ1v) is 6.14. The van der Waals surface area contributed by atoms with Gasteiger partial charge in [0.1, 0.15) is 5.56 Å². The van der Waals surface area contributed by atoms with Crippen molar-refractivity contribution in [2.75, 3.05) is 12.4 Å². The molecular formula is C14H12ClNO4. The summed E-state index contributed by atoms with van der Waals surface area (Å²) in [7, 11) is 1.25. The summed E-state index contributed by atoms with van der Waals surface area (Å²) in [5, 5.41) is 2.83. The standard InChI is InChI=1S/C14H12ClNO4/c1-8-5-6-9(15)11(14(18)19-2)12(8)16-13(17)10-4-3-7-20-10/h3-7H,1-2H3,(H,16,17). The van der Waals surface area contributed by atoms with Crippen LogP contribution in [0.15, 0.2) is 34.9 Å². The van der Waals surface area contributed by atoms with Crippen LogP contribution in [0.5, 0.6) is 0 Å². The average molecular weight is 294 g/mol. The van der Waals surface area contributed by atoms with Crippen molar-refractivity contribution in [3.05, 3.63) is 52.4 Å². The molecule has 1 heterocycles. The highest BCUT2D eigenvalue weighted by Gasteiger charge is 2.21.